The molecular weight excluding hydrogens is 478 g/mol. The van der Waals surface area contributed by atoms with Crippen LogP contribution in [0.15, 0.2) is 78.2 Å². The first kappa shape index (κ1) is 24.7. The lowest BCUT2D eigenvalue weighted by Gasteiger charge is -2.12. The summed E-state index contributed by atoms with van der Waals surface area (Å²) in [6, 6.07) is 21.9. The van der Waals surface area contributed by atoms with Gasteiger partial charge in [0.1, 0.15) is 5.75 Å². The first-order valence-corrected chi connectivity index (χ1v) is 12.0. The van der Waals surface area contributed by atoms with Crippen molar-refractivity contribution in [3.63, 3.8) is 0 Å². The molecule has 0 fully saturated rings. The summed E-state index contributed by atoms with van der Waals surface area (Å²) in [4.78, 5) is 29.4. The van der Waals surface area contributed by atoms with Crippen LogP contribution < -0.4 is 24.8 Å². The monoisotopic (exact) mass is 503 g/mol. The van der Waals surface area contributed by atoms with Crippen molar-refractivity contribution in [3.8, 4) is 28.5 Å². The molecule has 0 aliphatic heterocycles. The Morgan fingerprint density at radius 1 is 0.917 bits per heavy atom. The summed E-state index contributed by atoms with van der Waals surface area (Å²) in [7, 11) is 3.09. The van der Waals surface area contributed by atoms with Crippen LogP contribution in [0.1, 0.15) is 15.9 Å². The molecule has 0 saturated carbocycles. The molecule has 4 rings (SSSR count). The minimum absolute atomic E-state index is 0.179. The molecule has 3 aromatic carbocycles. The Morgan fingerprint density at radius 3 is 2.42 bits per heavy atom. The highest BCUT2D eigenvalue weighted by atomic mass is 32.1. The van der Waals surface area contributed by atoms with E-state index in [4.69, 9.17) is 14.2 Å². The van der Waals surface area contributed by atoms with Crippen molar-refractivity contribution in [1.29, 1.82) is 0 Å². The molecule has 0 spiro atoms. The topological polar surface area (TPSA) is 98.8 Å². The van der Waals surface area contributed by atoms with Crippen molar-refractivity contribution in [1.82, 2.24) is 10.3 Å². The molecular formula is C27H25N3O5S. The SMILES string of the molecule is COc1ccc(-c2csc(NC(=O)c3ccc(OCC(=O)NCc4ccccc4)c(OC)c3)n2)cc1. The highest BCUT2D eigenvalue weighted by Crippen LogP contribution is 2.30. The predicted molar refractivity (Wildman–Crippen MR) is 139 cm³/mol. The number of nitrogens with zero attached hydrogens (tertiary/aromatic N) is 1. The predicted octanol–water partition coefficient (Wildman–Crippen LogP) is 4.77. The van der Waals surface area contributed by atoms with E-state index >= 15 is 0 Å². The van der Waals surface area contributed by atoms with Crippen LogP contribution in [0, 0.1) is 0 Å². The lowest BCUT2D eigenvalue weighted by molar-refractivity contribution is -0.123. The number of methoxy groups -OCH3 is 2. The number of ether oxygens (including phenoxy) is 3. The molecule has 8 nitrogen and oxygen atoms in total. The maximum absolute atomic E-state index is 12.8. The number of hydrogen-bond donors (Lipinski definition) is 2. The molecule has 0 radical (unpaired) electrons. The Morgan fingerprint density at radius 2 is 1.69 bits per heavy atom. The van der Waals surface area contributed by atoms with Gasteiger partial charge in [-0.2, -0.15) is 0 Å². The average molecular weight is 504 g/mol. The summed E-state index contributed by atoms with van der Waals surface area (Å²) in [5.74, 6) is 0.864. The highest BCUT2D eigenvalue weighted by molar-refractivity contribution is 7.14. The van der Waals surface area contributed by atoms with Crippen molar-refractivity contribution in [2.75, 3.05) is 26.1 Å². The molecule has 0 aliphatic carbocycles. The third-order valence-corrected chi connectivity index (χ3v) is 5.99. The maximum Gasteiger partial charge on any atom is 0.258 e. The van der Waals surface area contributed by atoms with Crippen LogP contribution in [0.2, 0.25) is 0 Å². The van der Waals surface area contributed by atoms with Crippen molar-refractivity contribution in [2.45, 2.75) is 6.54 Å². The number of hydrogen-bond acceptors (Lipinski definition) is 7. The van der Waals surface area contributed by atoms with Gasteiger partial charge in [0.15, 0.2) is 23.2 Å². The number of amides is 2. The zero-order valence-corrected chi connectivity index (χ0v) is 20.6. The Kier molecular flexibility index (Phi) is 8.15. The van der Waals surface area contributed by atoms with Crippen LogP contribution in [0.5, 0.6) is 17.2 Å². The van der Waals surface area contributed by atoms with E-state index in [1.807, 2.05) is 60.0 Å². The lowest BCUT2D eigenvalue weighted by atomic mass is 10.2. The van der Waals surface area contributed by atoms with Gasteiger partial charge in [-0.3, -0.25) is 14.9 Å². The van der Waals surface area contributed by atoms with Gasteiger partial charge in [0.25, 0.3) is 11.8 Å². The van der Waals surface area contributed by atoms with Crippen LogP contribution in [0.3, 0.4) is 0 Å². The van der Waals surface area contributed by atoms with E-state index in [1.54, 1.807) is 25.3 Å². The minimum atomic E-state index is -0.337. The van der Waals surface area contributed by atoms with Crippen LogP contribution in [-0.4, -0.2) is 37.6 Å². The van der Waals surface area contributed by atoms with Crippen LogP contribution in [-0.2, 0) is 11.3 Å². The zero-order valence-electron chi connectivity index (χ0n) is 19.8. The van der Waals surface area contributed by atoms with Crippen LogP contribution in [0.25, 0.3) is 11.3 Å². The van der Waals surface area contributed by atoms with Gasteiger partial charge in [-0.15, -0.1) is 11.3 Å². The molecule has 1 aromatic heterocycles. The number of rotatable bonds is 10. The summed E-state index contributed by atoms with van der Waals surface area (Å²) in [6.45, 7) is 0.234. The zero-order chi connectivity index (χ0) is 25.3. The number of aromatic nitrogens is 1. The van der Waals surface area contributed by atoms with Gasteiger partial charge < -0.3 is 19.5 Å². The molecule has 0 bridgehead atoms. The van der Waals surface area contributed by atoms with E-state index in [2.05, 4.69) is 15.6 Å². The first-order valence-electron chi connectivity index (χ1n) is 11.1. The lowest BCUT2D eigenvalue weighted by Crippen LogP contribution is -2.28. The van der Waals surface area contributed by atoms with E-state index < -0.39 is 0 Å². The molecule has 0 aliphatic rings. The van der Waals surface area contributed by atoms with E-state index in [0.29, 0.717) is 28.7 Å². The van der Waals surface area contributed by atoms with Gasteiger partial charge in [-0.25, -0.2) is 4.98 Å². The fraction of sp³-hybridized carbons (Fsp3) is 0.148. The summed E-state index contributed by atoms with van der Waals surface area (Å²) in [5, 5.41) is 7.95. The van der Waals surface area contributed by atoms with Crippen molar-refractivity contribution >= 4 is 28.3 Å². The minimum Gasteiger partial charge on any atom is -0.497 e. The molecule has 2 N–H and O–H groups in total. The average Bonchev–Trinajstić information content (AvgIpc) is 3.39. The van der Waals surface area contributed by atoms with Crippen LogP contribution >= 0.6 is 11.3 Å². The molecule has 184 valence electrons. The van der Waals surface area contributed by atoms with E-state index in [-0.39, 0.29) is 18.4 Å². The molecule has 4 aromatic rings. The van der Waals surface area contributed by atoms with E-state index in [1.165, 1.54) is 18.4 Å². The molecule has 9 heteroatoms. The summed E-state index contributed by atoms with van der Waals surface area (Å²) >= 11 is 1.33. The number of benzene rings is 3. The Labute approximate surface area is 212 Å². The molecule has 2 amide bonds. The van der Waals surface area contributed by atoms with Gasteiger partial charge in [-0.1, -0.05) is 30.3 Å². The van der Waals surface area contributed by atoms with Gasteiger partial charge in [0, 0.05) is 23.1 Å². The third-order valence-electron chi connectivity index (χ3n) is 5.23. The van der Waals surface area contributed by atoms with Crippen molar-refractivity contribution < 1.29 is 23.8 Å². The van der Waals surface area contributed by atoms with Crippen LogP contribution in [0.4, 0.5) is 5.13 Å². The summed E-state index contributed by atoms with van der Waals surface area (Å²) in [5.41, 5.74) is 3.04. The quantitative estimate of drug-likeness (QED) is 0.323. The van der Waals surface area contributed by atoms with Gasteiger partial charge in [0.05, 0.1) is 19.9 Å². The Hall–Kier alpha value is -4.37. The second kappa shape index (κ2) is 11.9. The fourth-order valence-electron chi connectivity index (χ4n) is 3.31. The summed E-state index contributed by atoms with van der Waals surface area (Å²) in [6.07, 6.45) is 0. The summed E-state index contributed by atoms with van der Waals surface area (Å²) < 4.78 is 16.2. The fourth-order valence-corrected chi connectivity index (χ4v) is 4.03. The largest absolute Gasteiger partial charge is 0.497 e. The Bertz CT molecular complexity index is 1320. The van der Waals surface area contributed by atoms with E-state index in [9.17, 15) is 9.59 Å². The molecule has 36 heavy (non-hydrogen) atoms. The third kappa shape index (κ3) is 6.39. The Balaban J connectivity index is 1.34. The number of nitrogens with one attached hydrogen (secondary N) is 2. The maximum atomic E-state index is 12.8. The van der Waals surface area contributed by atoms with Crippen molar-refractivity contribution in [2.24, 2.45) is 0 Å². The number of carbonyl (C=O) groups is 2. The first-order chi connectivity index (χ1) is 17.6. The number of anilines is 1. The number of thiazole rings is 1. The molecule has 0 atom stereocenters. The van der Waals surface area contributed by atoms with Gasteiger partial charge in [0.2, 0.25) is 0 Å². The van der Waals surface area contributed by atoms with Gasteiger partial charge in [-0.05, 0) is 48.0 Å². The number of carbonyl (C=O) groups excluding carboxylic acids is 2. The van der Waals surface area contributed by atoms with E-state index in [0.717, 1.165) is 22.6 Å². The second-order valence-electron chi connectivity index (χ2n) is 7.64. The standard InChI is InChI=1S/C27H25N3O5S/c1-33-21-11-8-19(9-12-21)22-17-36-27(29-22)30-26(32)20-10-13-23(24(14-20)34-2)35-16-25(31)28-15-18-6-4-3-5-7-18/h3-14,17H,15-16H2,1-2H3,(H,28,31)(H,29,30,32). The normalized spacial score (nSPS) is 10.4. The molecule has 0 saturated heterocycles. The molecule has 1 heterocycles. The second-order valence-corrected chi connectivity index (χ2v) is 8.50. The van der Waals surface area contributed by atoms with Crippen molar-refractivity contribution in [3.05, 3.63) is 89.3 Å². The molecule has 0 unspecified atom stereocenters. The van der Waals surface area contributed by atoms with Gasteiger partial charge >= 0.3 is 0 Å². The smallest absolute Gasteiger partial charge is 0.258 e. The highest BCUT2D eigenvalue weighted by Gasteiger charge is 2.14.